The van der Waals surface area contributed by atoms with Gasteiger partial charge in [0.15, 0.2) is 0 Å². The van der Waals surface area contributed by atoms with Crippen LogP contribution >= 0.6 is 0 Å². The third kappa shape index (κ3) is 3.20. The lowest BCUT2D eigenvalue weighted by Crippen LogP contribution is -2.12. The molecule has 11 heavy (non-hydrogen) atoms. The molecule has 0 heterocycles. The highest BCUT2D eigenvalue weighted by molar-refractivity contribution is 6.39. The number of aliphatic carboxylic acids is 1. The number of hydrogen-bond acceptors (Lipinski definition) is 3. The fraction of sp³-hybridized carbons (Fsp3) is 0.143. The Morgan fingerprint density at radius 3 is 2.27 bits per heavy atom. The van der Waals surface area contributed by atoms with Crippen molar-refractivity contribution < 1.29 is 19.8 Å². The molecule has 0 amide bonds. The van der Waals surface area contributed by atoms with E-state index in [1.54, 1.807) is 0 Å². The SMILES string of the molecule is C/C(=C\C=C\O)C(=O)C(=O)O. The number of carboxylic acid groups (broad SMARTS) is 1. The molecule has 0 aromatic rings. The maximum Gasteiger partial charge on any atom is 0.376 e. The lowest BCUT2D eigenvalue weighted by molar-refractivity contribution is -0.147. The molecule has 0 radical (unpaired) electrons. The van der Waals surface area contributed by atoms with Crippen LogP contribution in [0.15, 0.2) is 24.0 Å². The van der Waals surface area contributed by atoms with E-state index in [-0.39, 0.29) is 5.57 Å². The second-order valence-corrected chi connectivity index (χ2v) is 1.83. The monoisotopic (exact) mass is 156 g/mol. The summed E-state index contributed by atoms with van der Waals surface area (Å²) < 4.78 is 0. The van der Waals surface area contributed by atoms with E-state index in [1.165, 1.54) is 19.1 Å². The van der Waals surface area contributed by atoms with Gasteiger partial charge in [-0.2, -0.15) is 0 Å². The van der Waals surface area contributed by atoms with Crippen molar-refractivity contribution >= 4 is 11.8 Å². The molecule has 0 saturated heterocycles. The maximum absolute atomic E-state index is 10.6. The molecular weight excluding hydrogens is 148 g/mol. The molecule has 0 aliphatic carbocycles. The fourth-order valence-electron chi connectivity index (χ4n) is 0.432. The van der Waals surface area contributed by atoms with Crippen molar-refractivity contribution in [2.45, 2.75) is 6.92 Å². The number of allylic oxidation sites excluding steroid dienone is 2. The van der Waals surface area contributed by atoms with Crippen LogP contribution in [-0.4, -0.2) is 22.0 Å². The van der Waals surface area contributed by atoms with Gasteiger partial charge in [0.05, 0.1) is 6.26 Å². The van der Waals surface area contributed by atoms with E-state index in [4.69, 9.17) is 10.2 Å². The summed E-state index contributed by atoms with van der Waals surface area (Å²) in [7, 11) is 0. The van der Waals surface area contributed by atoms with E-state index in [0.29, 0.717) is 0 Å². The van der Waals surface area contributed by atoms with Crippen LogP contribution in [0.25, 0.3) is 0 Å². The number of carbonyl (C=O) groups is 2. The molecule has 0 fully saturated rings. The van der Waals surface area contributed by atoms with Gasteiger partial charge in [-0.05, 0) is 13.0 Å². The number of carboxylic acids is 1. The standard InChI is InChI=1S/C7H8O4/c1-5(3-2-4-8)6(9)7(10)11/h2-4,8H,1H3,(H,10,11)/b4-2+,5-3+. The molecule has 0 rings (SSSR count). The number of Topliss-reactive ketones (excluding diaryl/α,β-unsaturated/α-hetero) is 1. The molecule has 4 heteroatoms. The van der Waals surface area contributed by atoms with Gasteiger partial charge in [-0.3, -0.25) is 4.79 Å². The smallest absolute Gasteiger partial charge is 0.376 e. The lowest BCUT2D eigenvalue weighted by atomic mass is 10.2. The van der Waals surface area contributed by atoms with Crippen molar-refractivity contribution in [1.29, 1.82) is 0 Å². The van der Waals surface area contributed by atoms with Crippen molar-refractivity contribution in [3.63, 3.8) is 0 Å². The number of rotatable bonds is 3. The quantitative estimate of drug-likeness (QED) is 0.272. The molecule has 0 aliphatic rings. The van der Waals surface area contributed by atoms with Crippen molar-refractivity contribution in [3.8, 4) is 0 Å². The van der Waals surface area contributed by atoms with Gasteiger partial charge >= 0.3 is 5.97 Å². The van der Waals surface area contributed by atoms with Crippen LogP contribution < -0.4 is 0 Å². The average Bonchev–Trinajstić information content (AvgIpc) is 1.98. The van der Waals surface area contributed by atoms with E-state index >= 15 is 0 Å². The van der Waals surface area contributed by atoms with Crippen LogP contribution in [0.5, 0.6) is 0 Å². The number of carbonyl (C=O) groups excluding carboxylic acids is 1. The second-order valence-electron chi connectivity index (χ2n) is 1.83. The van der Waals surface area contributed by atoms with Crippen LogP contribution in [0.2, 0.25) is 0 Å². The normalized spacial score (nSPS) is 11.9. The molecule has 2 N–H and O–H groups in total. The Morgan fingerprint density at radius 2 is 1.91 bits per heavy atom. The first-order valence-electron chi connectivity index (χ1n) is 2.85. The topological polar surface area (TPSA) is 74.6 Å². The van der Waals surface area contributed by atoms with Crippen molar-refractivity contribution in [1.82, 2.24) is 0 Å². The molecule has 0 atom stereocenters. The summed E-state index contributed by atoms with van der Waals surface area (Å²) in [6.07, 6.45) is 3.12. The molecule has 0 aromatic heterocycles. The van der Waals surface area contributed by atoms with E-state index < -0.39 is 11.8 Å². The van der Waals surface area contributed by atoms with Crippen LogP contribution in [0.1, 0.15) is 6.92 Å². The predicted octanol–water partition coefficient (Wildman–Crippen LogP) is 0.658. The highest BCUT2D eigenvalue weighted by Crippen LogP contribution is 1.94. The van der Waals surface area contributed by atoms with Crippen LogP contribution in [-0.2, 0) is 9.59 Å². The molecule has 0 spiro atoms. The van der Waals surface area contributed by atoms with Gasteiger partial charge in [0.2, 0.25) is 0 Å². The largest absolute Gasteiger partial charge is 0.516 e. The molecule has 0 aromatic carbocycles. The summed E-state index contributed by atoms with van der Waals surface area (Å²) in [6, 6.07) is 0. The molecule has 4 nitrogen and oxygen atoms in total. The zero-order valence-corrected chi connectivity index (χ0v) is 5.94. The van der Waals surface area contributed by atoms with E-state index in [2.05, 4.69) is 0 Å². The van der Waals surface area contributed by atoms with Gasteiger partial charge < -0.3 is 10.2 Å². The Morgan fingerprint density at radius 1 is 1.36 bits per heavy atom. The minimum absolute atomic E-state index is 0.0720. The van der Waals surface area contributed by atoms with E-state index in [0.717, 1.165) is 6.26 Å². The Labute approximate surface area is 63.5 Å². The molecule has 0 aliphatic heterocycles. The molecular formula is C7H8O4. The average molecular weight is 156 g/mol. The van der Waals surface area contributed by atoms with Gasteiger partial charge in [0.25, 0.3) is 5.78 Å². The number of aliphatic hydroxyl groups is 1. The summed E-state index contributed by atoms with van der Waals surface area (Å²) in [6.45, 7) is 1.36. The van der Waals surface area contributed by atoms with Gasteiger partial charge in [-0.25, -0.2) is 4.79 Å². The number of aliphatic hydroxyl groups excluding tert-OH is 1. The maximum atomic E-state index is 10.6. The zero-order chi connectivity index (χ0) is 8.85. The first kappa shape index (κ1) is 9.42. The van der Waals surface area contributed by atoms with Gasteiger partial charge in [-0.15, -0.1) is 0 Å². The molecule has 0 saturated carbocycles. The third-order valence-electron chi connectivity index (χ3n) is 0.985. The number of hydrogen-bond donors (Lipinski definition) is 2. The Bertz CT molecular complexity index is 225. The van der Waals surface area contributed by atoms with Gasteiger partial charge in [0, 0.05) is 5.57 Å². The first-order chi connectivity index (χ1) is 5.09. The first-order valence-corrected chi connectivity index (χ1v) is 2.85. The van der Waals surface area contributed by atoms with Crippen molar-refractivity contribution in [3.05, 3.63) is 24.0 Å². The van der Waals surface area contributed by atoms with Gasteiger partial charge in [0.1, 0.15) is 0 Å². The Balaban J connectivity index is 4.36. The van der Waals surface area contributed by atoms with E-state index in [1.807, 2.05) is 0 Å². The Kier molecular flexibility index (Phi) is 3.66. The lowest BCUT2D eigenvalue weighted by Gasteiger charge is -1.90. The van der Waals surface area contributed by atoms with E-state index in [9.17, 15) is 9.59 Å². The third-order valence-corrected chi connectivity index (χ3v) is 0.985. The minimum atomic E-state index is -1.50. The highest BCUT2D eigenvalue weighted by atomic mass is 16.4. The molecule has 0 unspecified atom stereocenters. The summed E-state index contributed by atoms with van der Waals surface area (Å²) in [5.74, 6) is -2.46. The van der Waals surface area contributed by atoms with Crippen LogP contribution in [0.4, 0.5) is 0 Å². The Hall–Kier alpha value is -1.58. The van der Waals surface area contributed by atoms with Crippen molar-refractivity contribution in [2.75, 3.05) is 0 Å². The zero-order valence-electron chi connectivity index (χ0n) is 5.94. The molecule has 60 valence electrons. The van der Waals surface area contributed by atoms with Gasteiger partial charge in [-0.1, -0.05) is 6.08 Å². The summed E-state index contributed by atoms with van der Waals surface area (Å²) in [5, 5.41) is 16.3. The number of ketones is 1. The van der Waals surface area contributed by atoms with Crippen molar-refractivity contribution in [2.24, 2.45) is 0 Å². The summed E-state index contributed by atoms with van der Waals surface area (Å²) in [5.41, 5.74) is 0.0720. The van der Waals surface area contributed by atoms with Crippen LogP contribution in [0.3, 0.4) is 0 Å². The summed E-state index contributed by atoms with van der Waals surface area (Å²) >= 11 is 0. The molecule has 0 bridgehead atoms. The highest BCUT2D eigenvalue weighted by Gasteiger charge is 2.11. The predicted molar refractivity (Wildman–Crippen MR) is 38.2 cm³/mol. The minimum Gasteiger partial charge on any atom is -0.516 e. The van der Waals surface area contributed by atoms with Crippen LogP contribution in [0, 0.1) is 0 Å². The summed E-state index contributed by atoms with van der Waals surface area (Å²) in [4.78, 5) is 20.6. The second kappa shape index (κ2) is 4.27. The fourth-order valence-corrected chi connectivity index (χ4v) is 0.432.